The molecule has 4 heterocycles. The van der Waals surface area contributed by atoms with E-state index in [1.807, 2.05) is 0 Å². The van der Waals surface area contributed by atoms with Crippen molar-refractivity contribution in [2.45, 2.75) is 19.5 Å². The van der Waals surface area contributed by atoms with E-state index in [0.29, 0.717) is 50.3 Å². The van der Waals surface area contributed by atoms with Gasteiger partial charge in [-0.1, -0.05) is 0 Å². The van der Waals surface area contributed by atoms with Gasteiger partial charge in [-0.25, -0.2) is 19.2 Å². The van der Waals surface area contributed by atoms with Crippen LogP contribution in [0.3, 0.4) is 0 Å². The molecule has 15 heteroatoms. The number of amides is 2. The lowest BCUT2D eigenvalue weighted by molar-refractivity contribution is -0.192. The highest BCUT2D eigenvalue weighted by atomic mass is 19.4. The Kier molecular flexibility index (Phi) is 8.59. The molecule has 0 bridgehead atoms. The zero-order valence-electron chi connectivity index (χ0n) is 22.1. The molecule has 10 nitrogen and oxygen atoms in total. The molecular formula is C27H25F5N6O4. The number of anilines is 2. The number of carboxylic acid groups (broad SMARTS) is 1. The number of rotatable bonds is 3. The zero-order chi connectivity index (χ0) is 30.8. The Hall–Kier alpha value is -4.82. The molecule has 2 aliphatic rings. The van der Waals surface area contributed by atoms with Crippen molar-refractivity contribution in [3.63, 3.8) is 0 Å². The van der Waals surface area contributed by atoms with Gasteiger partial charge in [0.1, 0.15) is 17.5 Å². The molecule has 0 radical (unpaired) electrons. The number of nitrogens with one attached hydrogen (secondary N) is 1. The van der Waals surface area contributed by atoms with E-state index in [1.54, 1.807) is 36.2 Å². The molecule has 0 unspecified atom stereocenters. The van der Waals surface area contributed by atoms with Crippen molar-refractivity contribution in [1.82, 2.24) is 20.2 Å². The van der Waals surface area contributed by atoms with E-state index in [1.165, 1.54) is 12.1 Å². The summed E-state index contributed by atoms with van der Waals surface area (Å²) in [4.78, 5) is 44.6. The number of nitrogen functional groups attached to an aromatic ring is 1. The summed E-state index contributed by atoms with van der Waals surface area (Å²) in [6, 6.07) is 7.75. The van der Waals surface area contributed by atoms with Gasteiger partial charge in [-0.15, -0.1) is 0 Å². The van der Waals surface area contributed by atoms with Gasteiger partial charge in [0.25, 0.3) is 5.91 Å². The minimum atomic E-state index is -5.08. The van der Waals surface area contributed by atoms with Crippen LogP contribution in [-0.4, -0.2) is 76.7 Å². The summed E-state index contributed by atoms with van der Waals surface area (Å²) in [7, 11) is 0. The normalized spacial score (nSPS) is 14.9. The predicted octanol–water partition coefficient (Wildman–Crippen LogP) is 3.26. The highest BCUT2D eigenvalue weighted by molar-refractivity contribution is 5.97. The first-order valence-corrected chi connectivity index (χ1v) is 12.6. The third-order valence-corrected chi connectivity index (χ3v) is 6.76. The Morgan fingerprint density at radius 2 is 1.67 bits per heavy atom. The maximum Gasteiger partial charge on any atom is 0.490 e. The second-order valence-corrected chi connectivity index (χ2v) is 9.46. The van der Waals surface area contributed by atoms with E-state index in [0.717, 1.165) is 5.82 Å². The van der Waals surface area contributed by atoms with Crippen LogP contribution in [0.1, 0.15) is 22.8 Å². The Morgan fingerprint density at radius 1 is 1.00 bits per heavy atom. The highest BCUT2D eigenvalue weighted by Gasteiger charge is 2.38. The lowest BCUT2D eigenvalue weighted by Crippen LogP contribution is -2.48. The van der Waals surface area contributed by atoms with Crippen LogP contribution in [0.5, 0.6) is 0 Å². The molecule has 0 aliphatic carbocycles. The minimum absolute atomic E-state index is 0.0497. The molecule has 2 aliphatic heterocycles. The van der Waals surface area contributed by atoms with E-state index < -0.39 is 23.9 Å². The second-order valence-electron chi connectivity index (χ2n) is 9.46. The van der Waals surface area contributed by atoms with E-state index in [-0.39, 0.29) is 39.9 Å². The number of fused-ring (bicyclic) bond motifs is 1. The number of piperazine rings is 1. The average Bonchev–Trinajstić information content (AvgIpc) is 2.94. The first-order chi connectivity index (χ1) is 19.8. The number of hydrogen-bond donors (Lipinski definition) is 3. The molecule has 1 fully saturated rings. The average molecular weight is 593 g/mol. The van der Waals surface area contributed by atoms with Gasteiger partial charge < -0.3 is 26.0 Å². The Labute approximate surface area is 236 Å². The fourth-order valence-electron chi connectivity index (χ4n) is 4.55. The van der Waals surface area contributed by atoms with Gasteiger partial charge in [-0.3, -0.25) is 9.59 Å². The van der Waals surface area contributed by atoms with Crippen LogP contribution < -0.4 is 16.0 Å². The number of pyridine rings is 2. The molecular weight excluding hydrogens is 567 g/mol. The number of nitrogens with two attached hydrogens (primary N) is 1. The maximum absolute atomic E-state index is 15.0. The Bertz CT molecular complexity index is 1520. The molecule has 5 rings (SSSR count). The molecule has 3 aromatic rings. The second kappa shape index (κ2) is 12.0. The third-order valence-electron chi connectivity index (χ3n) is 6.76. The van der Waals surface area contributed by atoms with Crippen LogP contribution in [-0.2, 0) is 16.0 Å². The number of nitrogens with zero attached hydrogens (tertiary/aromatic N) is 4. The van der Waals surface area contributed by atoms with E-state index >= 15 is 0 Å². The quantitative estimate of drug-likeness (QED) is 0.311. The predicted molar refractivity (Wildman–Crippen MR) is 141 cm³/mol. The number of benzene rings is 1. The molecule has 1 aromatic carbocycles. The fourth-order valence-corrected chi connectivity index (χ4v) is 4.55. The summed E-state index contributed by atoms with van der Waals surface area (Å²) in [5, 5.41) is 9.81. The van der Waals surface area contributed by atoms with E-state index in [2.05, 4.69) is 20.2 Å². The van der Waals surface area contributed by atoms with Crippen LogP contribution >= 0.6 is 0 Å². The van der Waals surface area contributed by atoms with Crippen molar-refractivity contribution in [3.8, 4) is 22.3 Å². The van der Waals surface area contributed by atoms with Crippen molar-refractivity contribution in [2.24, 2.45) is 0 Å². The number of carbonyl (C=O) groups excluding carboxylic acids is 2. The molecule has 0 saturated carbocycles. The van der Waals surface area contributed by atoms with Gasteiger partial charge in [0.2, 0.25) is 11.9 Å². The summed E-state index contributed by atoms with van der Waals surface area (Å²) in [5.74, 6) is -3.87. The monoisotopic (exact) mass is 592 g/mol. The summed E-state index contributed by atoms with van der Waals surface area (Å²) in [5.41, 5.74) is 7.99. The molecule has 2 amide bonds. The Morgan fingerprint density at radius 3 is 2.24 bits per heavy atom. The van der Waals surface area contributed by atoms with Gasteiger partial charge in [-0.05, 0) is 42.3 Å². The van der Waals surface area contributed by atoms with Crippen molar-refractivity contribution in [3.05, 3.63) is 59.4 Å². The smallest absolute Gasteiger partial charge is 0.475 e. The van der Waals surface area contributed by atoms with E-state index in [4.69, 9.17) is 15.6 Å². The van der Waals surface area contributed by atoms with Crippen LogP contribution in [0, 0.1) is 11.8 Å². The SMILES string of the molecule is CC(=O)N1CCN(c2ccc(-c3cc(-c4cc5c(cc4F)C(=O)NCC5)c(N)nc3F)cn2)CC1.O=C(O)C(F)(F)F. The minimum Gasteiger partial charge on any atom is -0.475 e. The highest BCUT2D eigenvalue weighted by Crippen LogP contribution is 2.35. The zero-order valence-corrected chi connectivity index (χ0v) is 22.1. The number of aliphatic carboxylic acids is 1. The van der Waals surface area contributed by atoms with Crippen LogP contribution in [0.15, 0.2) is 36.5 Å². The maximum atomic E-state index is 15.0. The number of carboxylic acids is 1. The van der Waals surface area contributed by atoms with Crippen LogP contribution in [0.2, 0.25) is 0 Å². The largest absolute Gasteiger partial charge is 0.490 e. The van der Waals surface area contributed by atoms with Crippen LogP contribution in [0.4, 0.5) is 33.6 Å². The first-order valence-electron chi connectivity index (χ1n) is 12.6. The summed E-state index contributed by atoms with van der Waals surface area (Å²) < 4.78 is 61.5. The molecule has 1 saturated heterocycles. The number of alkyl halides is 3. The van der Waals surface area contributed by atoms with Crippen molar-refractivity contribution < 1.29 is 41.4 Å². The number of aromatic nitrogens is 2. The molecule has 0 atom stereocenters. The van der Waals surface area contributed by atoms with Crippen molar-refractivity contribution in [2.75, 3.05) is 43.4 Å². The van der Waals surface area contributed by atoms with Crippen LogP contribution in [0.25, 0.3) is 22.3 Å². The first kappa shape index (κ1) is 30.1. The van der Waals surface area contributed by atoms with Gasteiger partial charge >= 0.3 is 12.1 Å². The van der Waals surface area contributed by atoms with Gasteiger partial charge in [0.15, 0.2) is 0 Å². The topological polar surface area (TPSA) is 142 Å². The number of carbonyl (C=O) groups is 3. The third kappa shape index (κ3) is 6.56. The summed E-state index contributed by atoms with van der Waals surface area (Å²) in [6.45, 7) is 4.56. The lowest BCUT2D eigenvalue weighted by Gasteiger charge is -2.34. The number of hydrogen-bond acceptors (Lipinski definition) is 7. The fraction of sp³-hybridized carbons (Fsp3) is 0.296. The molecule has 4 N–H and O–H groups in total. The van der Waals surface area contributed by atoms with Crippen molar-refractivity contribution in [1.29, 1.82) is 0 Å². The van der Waals surface area contributed by atoms with E-state index in [9.17, 15) is 31.5 Å². The molecule has 222 valence electrons. The van der Waals surface area contributed by atoms with Crippen molar-refractivity contribution >= 4 is 29.4 Å². The Balaban J connectivity index is 0.000000517. The standard InChI is InChI=1S/C25H24F2N6O2.C2HF3O2/c1-14(34)32-6-8-33(9-7-32)22-3-2-16(13-30-22)17-11-20(24(28)31-23(17)27)19-10-15-4-5-29-25(35)18(15)12-21(19)26;3-2(4,5)1(6)7/h2-3,10-13H,4-9H2,1H3,(H2,28,31)(H,29,35);(H,6,7). The lowest BCUT2D eigenvalue weighted by atomic mass is 9.93. The molecule has 2 aromatic heterocycles. The van der Waals surface area contributed by atoms with Gasteiger partial charge in [0.05, 0.1) is 0 Å². The molecule has 0 spiro atoms. The summed E-state index contributed by atoms with van der Waals surface area (Å²) >= 11 is 0. The van der Waals surface area contributed by atoms with Gasteiger partial charge in [-0.2, -0.15) is 17.6 Å². The summed E-state index contributed by atoms with van der Waals surface area (Å²) in [6.07, 6.45) is -2.98. The van der Waals surface area contributed by atoms with Gasteiger partial charge in [0, 0.05) is 73.7 Å². The number of halogens is 5. The molecule has 42 heavy (non-hydrogen) atoms.